The molecule has 2 bridgehead atoms. The van der Waals surface area contributed by atoms with Gasteiger partial charge in [-0.25, -0.2) is 0 Å². The molecule has 4 aliphatic rings. The molecule has 5 nitrogen and oxygen atoms in total. The van der Waals surface area contributed by atoms with E-state index in [2.05, 4.69) is 32.9 Å². The highest BCUT2D eigenvalue weighted by molar-refractivity contribution is 5.66. The van der Waals surface area contributed by atoms with Gasteiger partial charge in [-0.3, -0.25) is 9.59 Å². The lowest BCUT2D eigenvalue weighted by atomic mass is 9.39. The third-order valence-corrected chi connectivity index (χ3v) is 9.19. The summed E-state index contributed by atoms with van der Waals surface area (Å²) >= 11 is 0. The van der Waals surface area contributed by atoms with Gasteiger partial charge in [0.25, 0.3) is 0 Å². The number of carbonyl (C=O) groups excluding carboxylic acids is 2. The molecular formula is C24H36O5. The number of fused-ring (bicyclic) bond motifs is 3. The number of carbonyl (C=O) groups is 2. The van der Waals surface area contributed by atoms with Gasteiger partial charge in [-0.05, 0) is 61.2 Å². The van der Waals surface area contributed by atoms with Crippen LogP contribution >= 0.6 is 0 Å². The van der Waals surface area contributed by atoms with E-state index >= 15 is 0 Å². The summed E-state index contributed by atoms with van der Waals surface area (Å²) in [5.74, 6) is 0.180. The lowest BCUT2D eigenvalue weighted by molar-refractivity contribution is -0.227. The molecule has 1 spiro atoms. The highest BCUT2D eigenvalue weighted by Crippen LogP contribution is 2.72. The van der Waals surface area contributed by atoms with Crippen molar-refractivity contribution in [2.75, 3.05) is 6.61 Å². The zero-order valence-corrected chi connectivity index (χ0v) is 18.5. The lowest BCUT2D eigenvalue weighted by Crippen LogP contribution is -2.64. The summed E-state index contributed by atoms with van der Waals surface area (Å²) in [5.41, 5.74) is -0.499. The highest BCUT2D eigenvalue weighted by atomic mass is 16.5. The Morgan fingerprint density at radius 1 is 0.966 bits per heavy atom. The second-order valence-electron chi connectivity index (χ2n) is 11.1. The first-order chi connectivity index (χ1) is 13.5. The van der Waals surface area contributed by atoms with E-state index in [4.69, 9.17) is 9.47 Å². The van der Waals surface area contributed by atoms with E-state index < -0.39 is 5.41 Å². The van der Waals surface area contributed by atoms with Crippen LogP contribution in [0.1, 0.15) is 73.1 Å². The number of hydrogen-bond donors (Lipinski definition) is 1. The van der Waals surface area contributed by atoms with Crippen LogP contribution in [0.15, 0.2) is 12.2 Å². The first kappa shape index (κ1) is 20.9. The molecular weight excluding hydrogens is 368 g/mol. The Kier molecular flexibility index (Phi) is 4.73. The Morgan fingerprint density at radius 2 is 1.62 bits per heavy atom. The van der Waals surface area contributed by atoms with Gasteiger partial charge < -0.3 is 14.6 Å². The Labute approximate surface area is 174 Å². The smallest absolute Gasteiger partial charge is 0.302 e. The molecule has 7 atom stereocenters. The summed E-state index contributed by atoms with van der Waals surface area (Å²) in [6, 6.07) is 0. The van der Waals surface area contributed by atoms with Crippen molar-refractivity contribution in [3.63, 3.8) is 0 Å². The van der Waals surface area contributed by atoms with E-state index in [-0.39, 0.29) is 52.9 Å². The molecule has 0 aromatic carbocycles. The molecule has 162 valence electrons. The molecule has 4 aliphatic carbocycles. The topological polar surface area (TPSA) is 72.8 Å². The van der Waals surface area contributed by atoms with Crippen LogP contribution in [0.25, 0.3) is 0 Å². The Bertz CT molecular complexity index is 742. The first-order valence-electron chi connectivity index (χ1n) is 11.1. The van der Waals surface area contributed by atoms with Crippen LogP contribution in [0.5, 0.6) is 0 Å². The molecule has 3 fully saturated rings. The third-order valence-electron chi connectivity index (χ3n) is 9.19. The fourth-order valence-electron chi connectivity index (χ4n) is 8.02. The number of aliphatic hydroxyl groups excluding tert-OH is 1. The minimum Gasteiger partial charge on any atom is -0.462 e. The van der Waals surface area contributed by atoms with Gasteiger partial charge in [0, 0.05) is 24.7 Å². The van der Waals surface area contributed by atoms with Crippen molar-refractivity contribution in [1.82, 2.24) is 0 Å². The van der Waals surface area contributed by atoms with Crippen LogP contribution in [-0.4, -0.2) is 35.9 Å². The molecule has 0 saturated heterocycles. The quantitative estimate of drug-likeness (QED) is 0.568. The normalized spacial score (nSPS) is 47.1. The van der Waals surface area contributed by atoms with E-state index in [1.165, 1.54) is 13.8 Å². The predicted molar refractivity (Wildman–Crippen MR) is 109 cm³/mol. The molecule has 0 heterocycles. The second-order valence-corrected chi connectivity index (χ2v) is 11.1. The van der Waals surface area contributed by atoms with Crippen molar-refractivity contribution >= 4 is 11.9 Å². The summed E-state index contributed by atoms with van der Waals surface area (Å²) in [6.45, 7) is 9.98. The lowest BCUT2D eigenvalue weighted by Gasteiger charge is -2.66. The molecule has 0 aromatic rings. The summed E-state index contributed by atoms with van der Waals surface area (Å²) in [4.78, 5) is 23.9. The van der Waals surface area contributed by atoms with Crippen LogP contribution in [0, 0.1) is 33.5 Å². The molecule has 0 aromatic heterocycles. The average molecular weight is 405 g/mol. The van der Waals surface area contributed by atoms with Gasteiger partial charge in [0.1, 0.15) is 12.2 Å². The maximum atomic E-state index is 12.0. The number of allylic oxidation sites excluding steroid dienone is 1. The van der Waals surface area contributed by atoms with Gasteiger partial charge in [0.15, 0.2) is 0 Å². The van der Waals surface area contributed by atoms with Crippen molar-refractivity contribution in [1.29, 1.82) is 0 Å². The summed E-state index contributed by atoms with van der Waals surface area (Å²) < 4.78 is 11.8. The van der Waals surface area contributed by atoms with E-state index in [0.717, 1.165) is 32.1 Å². The molecule has 0 amide bonds. The van der Waals surface area contributed by atoms with Gasteiger partial charge in [0.05, 0.1) is 6.61 Å². The van der Waals surface area contributed by atoms with E-state index in [0.29, 0.717) is 12.3 Å². The molecule has 7 unspecified atom stereocenters. The minimum atomic E-state index is -0.480. The predicted octanol–water partition coefficient (Wildman–Crippen LogP) is 4.03. The monoisotopic (exact) mass is 404 g/mol. The van der Waals surface area contributed by atoms with Gasteiger partial charge >= 0.3 is 11.9 Å². The number of rotatable bonds is 3. The average Bonchev–Trinajstić information content (AvgIpc) is 2.94. The number of esters is 2. The second kappa shape index (κ2) is 6.57. The zero-order valence-electron chi connectivity index (χ0n) is 18.5. The summed E-state index contributed by atoms with van der Waals surface area (Å²) in [7, 11) is 0. The van der Waals surface area contributed by atoms with Gasteiger partial charge in [-0.2, -0.15) is 0 Å². The standard InChI is InChI=1S/C24H36O5/c1-15(26)28-19-7-8-21(3,4)17-6-9-23-10-11-24(13-23,14-25)20(29-16(2)27)12-18(23)22(17,19)5/h10-11,17-20,25H,6-9,12-14H2,1-5H3. The first-order valence-corrected chi connectivity index (χ1v) is 11.1. The SMILES string of the molecule is CC(=O)OC1CC2C3(C=CC1(CO)C3)CCC1C(C)(C)CCC(OC(C)=O)C12C. The van der Waals surface area contributed by atoms with Crippen molar-refractivity contribution in [2.45, 2.75) is 85.4 Å². The molecule has 0 radical (unpaired) electrons. The van der Waals surface area contributed by atoms with Gasteiger partial charge in [-0.1, -0.05) is 32.9 Å². The fourth-order valence-corrected chi connectivity index (χ4v) is 8.02. The van der Waals surface area contributed by atoms with Crippen LogP contribution in [0.2, 0.25) is 0 Å². The molecule has 1 N–H and O–H groups in total. The fraction of sp³-hybridized carbons (Fsp3) is 0.833. The molecule has 3 saturated carbocycles. The third kappa shape index (κ3) is 2.90. The van der Waals surface area contributed by atoms with Gasteiger partial charge in [0.2, 0.25) is 0 Å². The molecule has 29 heavy (non-hydrogen) atoms. The Morgan fingerprint density at radius 3 is 2.24 bits per heavy atom. The Hall–Kier alpha value is -1.36. The zero-order chi connectivity index (χ0) is 21.2. The van der Waals surface area contributed by atoms with Crippen LogP contribution in [0.3, 0.4) is 0 Å². The van der Waals surface area contributed by atoms with Crippen LogP contribution in [-0.2, 0) is 19.1 Å². The number of ether oxygens (including phenoxy) is 2. The molecule has 5 heteroatoms. The largest absolute Gasteiger partial charge is 0.462 e. The van der Waals surface area contributed by atoms with E-state index in [1.807, 2.05) is 0 Å². The van der Waals surface area contributed by atoms with Crippen LogP contribution < -0.4 is 0 Å². The molecule has 0 aliphatic heterocycles. The summed E-state index contributed by atoms with van der Waals surface area (Å²) in [6.07, 6.45) is 9.62. The maximum Gasteiger partial charge on any atom is 0.302 e. The van der Waals surface area contributed by atoms with Crippen LogP contribution in [0.4, 0.5) is 0 Å². The minimum absolute atomic E-state index is 0.00503. The van der Waals surface area contributed by atoms with Crippen molar-refractivity contribution in [3.05, 3.63) is 12.2 Å². The number of hydrogen-bond acceptors (Lipinski definition) is 5. The van der Waals surface area contributed by atoms with E-state index in [9.17, 15) is 14.7 Å². The van der Waals surface area contributed by atoms with Gasteiger partial charge in [-0.15, -0.1) is 0 Å². The Balaban J connectivity index is 1.79. The number of aliphatic hydroxyl groups is 1. The van der Waals surface area contributed by atoms with E-state index in [1.54, 1.807) is 0 Å². The maximum absolute atomic E-state index is 12.0. The van der Waals surface area contributed by atoms with Crippen molar-refractivity contribution < 1.29 is 24.2 Å². The van der Waals surface area contributed by atoms with Crippen molar-refractivity contribution in [3.8, 4) is 0 Å². The van der Waals surface area contributed by atoms with Crippen molar-refractivity contribution in [2.24, 2.45) is 33.5 Å². The summed E-state index contributed by atoms with van der Waals surface area (Å²) in [5, 5.41) is 10.3. The highest BCUT2D eigenvalue weighted by Gasteiger charge is 2.69. The molecule has 4 rings (SSSR count).